The van der Waals surface area contributed by atoms with E-state index in [1.165, 1.54) is 29.5 Å². The van der Waals surface area contributed by atoms with Gasteiger partial charge in [0.15, 0.2) is 5.76 Å². The molecule has 0 radical (unpaired) electrons. The maximum atomic E-state index is 13.3. The van der Waals surface area contributed by atoms with Crippen LogP contribution in [0.1, 0.15) is 39.9 Å². The van der Waals surface area contributed by atoms with Crippen LogP contribution in [0.4, 0.5) is 9.52 Å². The first-order valence-corrected chi connectivity index (χ1v) is 7.77. The minimum absolute atomic E-state index is 0.170. The fourth-order valence-electron chi connectivity index (χ4n) is 2.34. The maximum absolute atomic E-state index is 13.3. The fourth-order valence-corrected chi connectivity index (χ4v) is 3.25. The Morgan fingerprint density at radius 3 is 3.00 bits per heavy atom. The van der Waals surface area contributed by atoms with E-state index in [9.17, 15) is 9.18 Å². The van der Waals surface area contributed by atoms with Crippen LogP contribution in [0.5, 0.6) is 0 Å². The van der Waals surface area contributed by atoms with E-state index in [1.54, 1.807) is 6.92 Å². The molecule has 0 aliphatic heterocycles. The van der Waals surface area contributed by atoms with Crippen molar-refractivity contribution >= 4 is 33.3 Å². The van der Waals surface area contributed by atoms with Crippen LogP contribution in [-0.4, -0.2) is 16.1 Å². The molecule has 4 rings (SSSR count). The first-order valence-electron chi connectivity index (χ1n) is 6.95. The third-order valence-electron chi connectivity index (χ3n) is 3.69. The number of aryl methyl sites for hydroxylation is 1. The molecule has 0 atom stereocenters. The summed E-state index contributed by atoms with van der Waals surface area (Å²) in [5.74, 6) is -0.0861. The third-order valence-corrected chi connectivity index (χ3v) is 4.69. The van der Waals surface area contributed by atoms with Gasteiger partial charge in [-0.1, -0.05) is 11.3 Å². The van der Waals surface area contributed by atoms with Crippen molar-refractivity contribution in [2.24, 2.45) is 0 Å². The van der Waals surface area contributed by atoms with Crippen molar-refractivity contribution < 1.29 is 13.6 Å². The summed E-state index contributed by atoms with van der Waals surface area (Å²) in [4.78, 5) is 12.3. The zero-order valence-corrected chi connectivity index (χ0v) is 12.5. The Kier molecular flexibility index (Phi) is 2.97. The van der Waals surface area contributed by atoms with Gasteiger partial charge in [-0.25, -0.2) is 4.39 Å². The summed E-state index contributed by atoms with van der Waals surface area (Å²) < 4.78 is 18.8. The molecule has 112 valence electrons. The largest absolute Gasteiger partial charge is 0.451 e. The summed E-state index contributed by atoms with van der Waals surface area (Å²) in [5, 5.41) is 12.8. The SMILES string of the molecule is Cc1c(C(=O)Nc2nnc(C3CC3)s2)oc2ccc(F)cc12. The zero-order valence-electron chi connectivity index (χ0n) is 11.7. The molecule has 1 N–H and O–H groups in total. The van der Waals surface area contributed by atoms with Gasteiger partial charge in [-0.15, -0.1) is 10.2 Å². The molecule has 1 amide bonds. The normalized spacial score (nSPS) is 14.5. The number of amides is 1. The van der Waals surface area contributed by atoms with Crippen LogP contribution >= 0.6 is 11.3 Å². The molecule has 0 bridgehead atoms. The summed E-state index contributed by atoms with van der Waals surface area (Å²) >= 11 is 1.39. The first-order chi connectivity index (χ1) is 10.6. The van der Waals surface area contributed by atoms with Crippen molar-refractivity contribution in [1.82, 2.24) is 10.2 Å². The van der Waals surface area contributed by atoms with E-state index < -0.39 is 5.91 Å². The number of halogens is 1. The average molecular weight is 317 g/mol. The molecule has 5 nitrogen and oxygen atoms in total. The highest BCUT2D eigenvalue weighted by Crippen LogP contribution is 2.42. The van der Waals surface area contributed by atoms with Gasteiger partial charge in [0.2, 0.25) is 5.13 Å². The Morgan fingerprint density at radius 1 is 1.41 bits per heavy atom. The molecule has 22 heavy (non-hydrogen) atoms. The number of nitrogens with one attached hydrogen (secondary N) is 1. The Hall–Kier alpha value is -2.28. The molecule has 0 unspecified atom stereocenters. The number of rotatable bonds is 3. The smallest absolute Gasteiger partial charge is 0.293 e. The maximum Gasteiger partial charge on any atom is 0.293 e. The number of benzene rings is 1. The van der Waals surface area contributed by atoms with E-state index in [0.29, 0.717) is 27.6 Å². The van der Waals surface area contributed by atoms with Gasteiger partial charge in [-0.05, 0) is 38.0 Å². The Bertz CT molecular complexity index is 882. The highest BCUT2D eigenvalue weighted by molar-refractivity contribution is 7.15. The molecule has 0 spiro atoms. The van der Waals surface area contributed by atoms with Crippen molar-refractivity contribution in [2.75, 3.05) is 5.32 Å². The molecule has 1 saturated carbocycles. The number of anilines is 1. The number of carbonyl (C=O) groups is 1. The van der Waals surface area contributed by atoms with Crippen LogP contribution in [0.2, 0.25) is 0 Å². The van der Waals surface area contributed by atoms with E-state index in [2.05, 4.69) is 15.5 Å². The first kappa shape index (κ1) is 13.4. The van der Waals surface area contributed by atoms with Crippen LogP contribution in [0.3, 0.4) is 0 Å². The second kappa shape index (κ2) is 4.88. The van der Waals surface area contributed by atoms with E-state index >= 15 is 0 Å². The summed E-state index contributed by atoms with van der Waals surface area (Å²) in [6, 6.07) is 4.19. The zero-order chi connectivity index (χ0) is 15.3. The molecule has 1 aromatic carbocycles. The lowest BCUT2D eigenvalue weighted by atomic mass is 10.1. The van der Waals surface area contributed by atoms with Crippen molar-refractivity contribution in [3.8, 4) is 0 Å². The Labute approximate surface area is 129 Å². The highest BCUT2D eigenvalue weighted by Gasteiger charge is 2.28. The van der Waals surface area contributed by atoms with Crippen LogP contribution in [0.25, 0.3) is 11.0 Å². The molecular formula is C15H12FN3O2S. The monoisotopic (exact) mass is 317 g/mol. The molecule has 2 aromatic heterocycles. The molecule has 2 heterocycles. The van der Waals surface area contributed by atoms with Gasteiger partial charge in [0, 0.05) is 16.9 Å². The molecule has 0 saturated heterocycles. The Morgan fingerprint density at radius 2 is 2.23 bits per heavy atom. The van der Waals surface area contributed by atoms with Crippen molar-refractivity contribution in [1.29, 1.82) is 0 Å². The van der Waals surface area contributed by atoms with E-state index in [-0.39, 0.29) is 11.6 Å². The van der Waals surface area contributed by atoms with Gasteiger partial charge in [0.05, 0.1) is 0 Å². The molecule has 7 heteroatoms. The Balaban J connectivity index is 1.62. The van der Waals surface area contributed by atoms with Gasteiger partial charge in [0.25, 0.3) is 5.91 Å². The molecule has 1 fully saturated rings. The molecular weight excluding hydrogens is 305 g/mol. The number of aromatic nitrogens is 2. The second-order valence-corrected chi connectivity index (χ2v) is 6.38. The van der Waals surface area contributed by atoms with E-state index in [1.807, 2.05) is 0 Å². The summed E-state index contributed by atoms with van der Waals surface area (Å²) in [5.41, 5.74) is 1.10. The van der Waals surface area contributed by atoms with E-state index in [0.717, 1.165) is 17.8 Å². The van der Waals surface area contributed by atoms with Crippen LogP contribution in [0, 0.1) is 12.7 Å². The van der Waals surface area contributed by atoms with Crippen LogP contribution in [0.15, 0.2) is 22.6 Å². The van der Waals surface area contributed by atoms with E-state index in [4.69, 9.17) is 4.42 Å². The lowest BCUT2D eigenvalue weighted by molar-refractivity contribution is 0.0998. The number of fused-ring (bicyclic) bond motifs is 1. The van der Waals surface area contributed by atoms with Crippen molar-refractivity contribution in [2.45, 2.75) is 25.7 Å². The highest BCUT2D eigenvalue weighted by atomic mass is 32.1. The summed E-state index contributed by atoms with van der Waals surface area (Å²) in [7, 11) is 0. The number of furan rings is 1. The van der Waals surface area contributed by atoms with Crippen molar-refractivity contribution in [3.63, 3.8) is 0 Å². The predicted molar refractivity (Wildman–Crippen MR) is 80.7 cm³/mol. The van der Waals surface area contributed by atoms with Crippen LogP contribution < -0.4 is 5.32 Å². The third kappa shape index (κ3) is 2.27. The molecule has 1 aliphatic carbocycles. The van der Waals surface area contributed by atoms with Gasteiger partial charge < -0.3 is 4.42 Å². The predicted octanol–water partition coefficient (Wildman–Crippen LogP) is 3.86. The average Bonchev–Trinajstić information content (AvgIpc) is 3.17. The number of nitrogens with zero attached hydrogens (tertiary/aromatic N) is 2. The minimum atomic E-state index is -0.396. The number of hydrogen-bond donors (Lipinski definition) is 1. The minimum Gasteiger partial charge on any atom is -0.451 e. The lowest BCUT2D eigenvalue weighted by Crippen LogP contribution is -2.11. The van der Waals surface area contributed by atoms with Gasteiger partial charge in [0.1, 0.15) is 16.4 Å². The standard InChI is InChI=1S/C15H12FN3O2S/c1-7-10-6-9(16)4-5-11(10)21-12(7)13(20)17-15-19-18-14(22-15)8-2-3-8/h4-6,8H,2-3H2,1H3,(H,17,19,20). The molecule has 1 aliphatic rings. The second-order valence-electron chi connectivity index (χ2n) is 5.37. The number of carbonyl (C=O) groups excluding carboxylic acids is 1. The quantitative estimate of drug-likeness (QED) is 0.796. The van der Waals surface area contributed by atoms with Gasteiger partial charge in [-0.3, -0.25) is 10.1 Å². The molecule has 3 aromatic rings. The lowest BCUT2D eigenvalue weighted by Gasteiger charge is -1.98. The van der Waals surface area contributed by atoms with Gasteiger partial charge >= 0.3 is 0 Å². The summed E-state index contributed by atoms with van der Waals surface area (Å²) in [6.07, 6.45) is 2.27. The van der Waals surface area contributed by atoms with Crippen molar-refractivity contribution in [3.05, 3.63) is 40.3 Å². The summed E-state index contributed by atoms with van der Waals surface area (Å²) in [6.45, 7) is 1.73. The topological polar surface area (TPSA) is 68.0 Å². The van der Waals surface area contributed by atoms with Gasteiger partial charge in [-0.2, -0.15) is 0 Å². The number of hydrogen-bond acceptors (Lipinski definition) is 5. The fraction of sp³-hybridized carbons (Fsp3) is 0.267. The van der Waals surface area contributed by atoms with Crippen LogP contribution in [-0.2, 0) is 0 Å².